The molecule has 0 saturated heterocycles. The Morgan fingerprint density at radius 1 is 1.24 bits per heavy atom. The summed E-state index contributed by atoms with van der Waals surface area (Å²) in [6.07, 6.45) is -0.122. The average Bonchev–Trinajstić information content (AvgIpc) is 2.94. The van der Waals surface area contributed by atoms with E-state index in [1.807, 2.05) is 0 Å². The van der Waals surface area contributed by atoms with E-state index >= 15 is 0 Å². The van der Waals surface area contributed by atoms with Gasteiger partial charge < -0.3 is 9.47 Å². The third kappa shape index (κ3) is 3.11. The second kappa shape index (κ2) is 6.15. The van der Waals surface area contributed by atoms with Crippen LogP contribution in [0.2, 0.25) is 0 Å². The van der Waals surface area contributed by atoms with Crippen molar-refractivity contribution in [3.05, 3.63) is 12.2 Å². The molecule has 5 atom stereocenters. The molecule has 0 amide bonds. The van der Waals surface area contributed by atoms with Crippen LogP contribution in [0.25, 0.3) is 0 Å². The molecule has 0 heterocycles. The summed E-state index contributed by atoms with van der Waals surface area (Å²) >= 11 is 0. The summed E-state index contributed by atoms with van der Waals surface area (Å²) in [6.45, 7) is 5.06. The first-order chi connectivity index (χ1) is 9.85. The highest BCUT2D eigenvalue weighted by Crippen LogP contribution is 2.51. The van der Waals surface area contributed by atoms with Crippen LogP contribution in [0.1, 0.15) is 19.8 Å². The van der Waals surface area contributed by atoms with E-state index in [0.717, 1.165) is 0 Å². The molecule has 5 unspecified atom stereocenters. The van der Waals surface area contributed by atoms with Gasteiger partial charge in [-0.25, -0.2) is 13.2 Å². The zero-order valence-electron chi connectivity index (χ0n) is 11.8. The molecule has 0 spiro atoms. The number of rotatable bonds is 5. The first-order valence-electron chi connectivity index (χ1n) is 6.60. The maximum Gasteiger partial charge on any atom is 0.333 e. The van der Waals surface area contributed by atoms with E-state index in [-0.39, 0.29) is 17.4 Å². The molecule has 0 aromatic rings. The number of thiol groups is 1. The van der Waals surface area contributed by atoms with Gasteiger partial charge >= 0.3 is 11.9 Å². The monoisotopic (exact) mass is 318 g/mol. The van der Waals surface area contributed by atoms with Crippen molar-refractivity contribution in [2.45, 2.75) is 32.0 Å². The number of hydrogen-bond acceptors (Lipinski definition) is 7. The largest absolute Gasteiger partial charge is 0.469 e. The molecule has 2 saturated carbocycles. The first-order valence-corrected chi connectivity index (χ1v) is 7.70. The minimum atomic E-state index is -3.05. The lowest BCUT2D eigenvalue weighted by molar-refractivity contribution is -0.160. The van der Waals surface area contributed by atoms with Gasteiger partial charge in [0, 0.05) is 11.5 Å². The highest BCUT2D eigenvalue weighted by atomic mass is 32.2. The van der Waals surface area contributed by atoms with E-state index in [1.165, 1.54) is 7.11 Å². The zero-order valence-corrected chi connectivity index (χ0v) is 12.7. The number of methoxy groups -OCH3 is 1. The van der Waals surface area contributed by atoms with Gasteiger partial charge in [0.05, 0.1) is 19.1 Å². The van der Waals surface area contributed by atoms with Gasteiger partial charge in [0.25, 0.3) is 11.0 Å². The standard InChI is InChI=1S/C13H18O7S/c1-6(2)12(14)19-9-5-7-4-8(9)10(13(15)18-3)11(7)20-21(16)17/h7-11,21H,1,4-5H2,2-3H3. The molecular weight excluding hydrogens is 300 g/mol. The molecule has 2 bridgehead atoms. The van der Waals surface area contributed by atoms with Gasteiger partial charge in [0.2, 0.25) is 0 Å². The molecule has 8 heteroatoms. The van der Waals surface area contributed by atoms with Crippen LogP contribution >= 0.6 is 0 Å². The molecule has 118 valence electrons. The second-order valence-electron chi connectivity index (χ2n) is 5.46. The van der Waals surface area contributed by atoms with E-state index in [9.17, 15) is 18.0 Å². The van der Waals surface area contributed by atoms with E-state index in [4.69, 9.17) is 13.7 Å². The van der Waals surface area contributed by atoms with Crippen LogP contribution in [-0.2, 0) is 34.2 Å². The van der Waals surface area contributed by atoms with E-state index in [0.29, 0.717) is 12.8 Å². The van der Waals surface area contributed by atoms with Crippen molar-refractivity contribution in [2.75, 3.05) is 7.11 Å². The van der Waals surface area contributed by atoms with Gasteiger partial charge in [0.15, 0.2) is 0 Å². The third-order valence-electron chi connectivity index (χ3n) is 4.16. The van der Waals surface area contributed by atoms with Crippen molar-refractivity contribution in [1.29, 1.82) is 0 Å². The predicted molar refractivity (Wildman–Crippen MR) is 71.6 cm³/mol. The minimum absolute atomic E-state index is 0.144. The molecule has 2 fully saturated rings. The fourth-order valence-electron chi connectivity index (χ4n) is 3.32. The van der Waals surface area contributed by atoms with Gasteiger partial charge in [-0.05, 0) is 25.7 Å². The Labute approximate surface area is 124 Å². The fourth-order valence-corrected chi connectivity index (χ4v) is 3.83. The van der Waals surface area contributed by atoms with E-state index in [2.05, 4.69) is 6.58 Å². The quantitative estimate of drug-likeness (QED) is 0.440. The highest BCUT2D eigenvalue weighted by molar-refractivity contribution is 7.67. The third-order valence-corrected chi connectivity index (χ3v) is 4.57. The topological polar surface area (TPSA) is 96.0 Å². The molecule has 0 aliphatic heterocycles. The summed E-state index contributed by atoms with van der Waals surface area (Å²) in [4.78, 5) is 23.5. The lowest BCUT2D eigenvalue weighted by Gasteiger charge is -2.32. The van der Waals surface area contributed by atoms with Crippen LogP contribution in [0.4, 0.5) is 0 Å². The van der Waals surface area contributed by atoms with Crippen LogP contribution in [-0.4, -0.2) is 39.7 Å². The van der Waals surface area contributed by atoms with E-state index < -0.39 is 41.0 Å². The molecule has 0 aromatic carbocycles. The Morgan fingerprint density at radius 2 is 1.90 bits per heavy atom. The van der Waals surface area contributed by atoms with Gasteiger partial charge in [0.1, 0.15) is 6.10 Å². The van der Waals surface area contributed by atoms with Gasteiger partial charge in [-0.3, -0.25) is 8.98 Å². The van der Waals surface area contributed by atoms with E-state index in [1.54, 1.807) is 6.92 Å². The van der Waals surface area contributed by atoms with Gasteiger partial charge in [-0.15, -0.1) is 0 Å². The molecule has 0 radical (unpaired) electrons. The smallest absolute Gasteiger partial charge is 0.333 e. The number of ether oxygens (including phenoxy) is 2. The van der Waals surface area contributed by atoms with Crippen LogP contribution in [0, 0.1) is 17.8 Å². The van der Waals surface area contributed by atoms with Gasteiger partial charge in [-0.2, -0.15) is 0 Å². The van der Waals surface area contributed by atoms with Crippen molar-refractivity contribution < 1.29 is 31.7 Å². The number of carbonyl (C=O) groups is 2. The summed E-state index contributed by atoms with van der Waals surface area (Å²) in [5.41, 5.74) is 0.280. The second-order valence-corrected chi connectivity index (χ2v) is 6.12. The minimum Gasteiger partial charge on any atom is -0.469 e. The maximum absolute atomic E-state index is 11.9. The molecule has 21 heavy (non-hydrogen) atoms. The molecule has 0 aromatic heterocycles. The lowest BCUT2D eigenvalue weighted by atomic mass is 9.84. The maximum atomic E-state index is 11.9. The number of esters is 2. The molecular formula is C13H18O7S. The first kappa shape index (κ1) is 16.0. The number of hydrogen-bond donors (Lipinski definition) is 1. The molecule has 2 aliphatic carbocycles. The fraction of sp³-hybridized carbons (Fsp3) is 0.692. The van der Waals surface area contributed by atoms with Crippen LogP contribution in [0.5, 0.6) is 0 Å². The van der Waals surface area contributed by atoms with Crippen LogP contribution in [0.15, 0.2) is 12.2 Å². The summed E-state index contributed by atoms with van der Waals surface area (Å²) in [5, 5.41) is 0. The summed E-state index contributed by atoms with van der Waals surface area (Å²) in [6, 6.07) is 0. The van der Waals surface area contributed by atoms with Crippen molar-refractivity contribution in [1.82, 2.24) is 0 Å². The van der Waals surface area contributed by atoms with Crippen molar-refractivity contribution in [2.24, 2.45) is 17.8 Å². The highest BCUT2D eigenvalue weighted by Gasteiger charge is 2.58. The van der Waals surface area contributed by atoms with Crippen molar-refractivity contribution >= 4 is 22.9 Å². The Balaban J connectivity index is 2.16. The lowest BCUT2D eigenvalue weighted by Crippen LogP contribution is -2.43. The Morgan fingerprint density at radius 3 is 2.43 bits per heavy atom. The number of carbonyl (C=O) groups excluding carboxylic acids is 2. The Bertz CT molecular complexity index is 531. The van der Waals surface area contributed by atoms with Crippen LogP contribution < -0.4 is 0 Å². The van der Waals surface area contributed by atoms with Crippen molar-refractivity contribution in [3.63, 3.8) is 0 Å². The molecule has 7 nitrogen and oxygen atoms in total. The Hall–Kier alpha value is -1.41. The summed E-state index contributed by atoms with van der Waals surface area (Å²) in [7, 11) is -1.82. The number of fused-ring (bicyclic) bond motifs is 2. The summed E-state index contributed by atoms with van der Waals surface area (Å²) < 4.78 is 36.5. The predicted octanol–water partition coefficient (Wildman–Crippen LogP) is 0.215. The normalized spacial score (nSPS) is 34.0. The average molecular weight is 318 g/mol. The van der Waals surface area contributed by atoms with Crippen LogP contribution in [0.3, 0.4) is 0 Å². The molecule has 0 N–H and O–H groups in total. The van der Waals surface area contributed by atoms with Gasteiger partial charge in [-0.1, -0.05) is 6.58 Å². The summed E-state index contributed by atoms with van der Waals surface area (Å²) in [5.74, 6) is -2.21. The van der Waals surface area contributed by atoms with Crippen molar-refractivity contribution in [3.8, 4) is 0 Å². The molecule has 2 rings (SSSR count). The zero-order chi connectivity index (χ0) is 15.7. The SMILES string of the molecule is C=C(C)C(=O)OC1CC2CC1C(C(=O)OC)C2O[SH](=O)=O. The Kier molecular flexibility index (Phi) is 4.67. The molecule has 2 aliphatic rings.